The molecule has 0 aliphatic rings. The summed E-state index contributed by atoms with van der Waals surface area (Å²) in [5.41, 5.74) is 0.925. The Morgan fingerprint density at radius 3 is 2.54 bits per heavy atom. The number of hydrogen-bond acceptors (Lipinski definition) is 3. The Morgan fingerprint density at radius 2 is 2.08 bits per heavy atom. The zero-order valence-electron chi connectivity index (χ0n) is 8.24. The van der Waals surface area contributed by atoms with E-state index in [9.17, 15) is 4.79 Å². The summed E-state index contributed by atoms with van der Waals surface area (Å²) in [6.07, 6.45) is 1.32. The molecule has 0 saturated carbocycles. The lowest BCUT2D eigenvalue weighted by Crippen LogP contribution is -1.92. The molecule has 0 amide bonds. The first-order chi connectivity index (χ1) is 6.27. The van der Waals surface area contributed by atoms with Crippen molar-refractivity contribution in [3.05, 3.63) is 23.5 Å². The van der Waals surface area contributed by atoms with Crippen molar-refractivity contribution < 1.29 is 9.90 Å². The largest absolute Gasteiger partial charge is 0.506 e. The number of nitrogens with zero attached hydrogens (tertiary/aromatic N) is 1. The molecule has 1 heterocycles. The second-order valence-electron chi connectivity index (χ2n) is 2.18. The fraction of sp³-hybridized carbons (Fsp3) is 0.400. The van der Waals surface area contributed by atoms with Gasteiger partial charge in [0, 0.05) is 5.69 Å². The molecular formula is C10H15NO2. The molecule has 1 rings (SSSR count). The number of aromatic nitrogens is 1. The minimum absolute atomic E-state index is 0.0581. The van der Waals surface area contributed by atoms with E-state index in [4.69, 9.17) is 5.11 Å². The van der Waals surface area contributed by atoms with Crippen molar-refractivity contribution in [2.75, 3.05) is 0 Å². The van der Waals surface area contributed by atoms with E-state index >= 15 is 0 Å². The van der Waals surface area contributed by atoms with Gasteiger partial charge in [-0.25, -0.2) is 4.98 Å². The van der Waals surface area contributed by atoms with Gasteiger partial charge in [0.05, 0.1) is 0 Å². The maximum absolute atomic E-state index is 10.3. The Balaban J connectivity index is 0.000000671. The van der Waals surface area contributed by atoms with E-state index in [0.29, 0.717) is 6.29 Å². The van der Waals surface area contributed by atoms with Crippen molar-refractivity contribution in [3.8, 4) is 5.75 Å². The summed E-state index contributed by atoms with van der Waals surface area (Å²) < 4.78 is 0. The molecule has 3 nitrogen and oxygen atoms in total. The summed E-state index contributed by atoms with van der Waals surface area (Å²) in [7, 11) is 0. The SMILES string of the molecule is CC.CCc1ccc(O)c(C=O)n1. The smallest absolute Gasteiger partial charge is 0.172 e. The van der Waals surface area contributed by atoms with E-state index in [1.807, 2.05) is 20.8 Å². The maximum Gasteiger partial charge on any atom is 0.172 e. The van der Waals surface area contributed by atoms with Gasteiger partial charge in [-0.3, -0.25) is 4.79 Å². The molecule has 0 aliphatic carbocycles. The van der Waals surface area contributed by atoms with Crippen molar-refractivity contribution in [2.24, 2.45) is 0 Å². The predicted octanol–water partition coefficient (Wildman–Crippen LogP) is 2.19. The Bertz CT molecular complexity index is 272. The zero-order chi connectivity index (χ0) is 10.3. The lowest BCUT2D eigenvalue weighted by atomic mass is 10.2. The summed E-state index contributed by atoms with van der Waals surface area (Å²) in [5.74, 6) is -0.0581. The molecule has 3 heteroatoms. The quantitative estimate of drug-likeness (QED) is 0.711. The van der Waals surface area contributed by atoms with Crippen LogP contribution in [-0.2, 0) is 6.42 Å². The Labute approximate surface area is 78.4 Å². The monoisotopic (exact) mass is 181 g/mol. The third-order valence-electron chi connectivity index (χ3n) is 1.43. The van der Waals surface area contributed by atoms with Gasteiger partial charge in [-0.15, -0.1) is 0 Å². The molecule has 1 N–H and O–H groups in total. The number of carbonyl (C=O) groups excluding carboxylic acids is 1. The van der Waals surface area contributed by atoms with Gasteiger partial charge in [-0.05, 0) is 18.6 Å². The van der Waals surface area contributed by atoms with E-state index < -0.39 is 0 Å². The first kappa shape index (κ1) is 11.6. The van der Waals surface area contributed by atoms with Crippen LogP contribution in [0.5, 0.6) is 5.75 Å². The van der Waals surface area contributed by atoms with E-state index in [1.54, 1.807) is 6.07 Å². The Hall–Kier alpha value is -1.38. The molecule has 13 heavy (non-hydrogen) atoms. The minimum Gasteiger partial charge on any atom is -0.506 e. The number of aldehydes is 1. The number of aromatic hydroxyl groups is 1. The average Bonchev–Trinajstić information content (AvgIpc) is 2.22. The number of carbonyl (C=O) groups is 1. The van der Waals surface area contributed by atoms with Gasteiger partial charge in [-0.2, -0.15) is 0 Å². The van der Waals surface area contributed by atoms with Crippen molar-refractivity contribution in [1.82, 2.24) is 4.98 Å². The molecule has 1 aromatic rings. The number of pyridine rings is 1. The first-order valence-electron chi connectivity index (χ1n) is 4.42. The normalized spacial score (nSPS) is 8.54. The molecule has 0 unspecified atom stereocenters. The van der Waals surface area contributed by atoms with Crippen molar-refractivity contribution in [2.45, 2.75) is 27.2 Å². The van der Waals surface area contributed by atoms with Crippen LogP contribution in [0.4, 0.5) is 0 Å². The molecule has 72 valence electrons. The predicted molar refractivity (Wildman–Crippen MR) is 52.0 cm³/mol. The maximum atomic E-state index is 10.3. The lowest BCUT2D eigenvalue weighted by Gasteiger charge is -1.98. The number of aryl methyl sites for hydroxylation is 1. The van der Waals surface area contributed by atoms with Gasteiger partial charge in [-0.1, -0.05) is 20.8 Å². The van der Waals surface area contributed by atoms with Crippen LogP contribution in [0.2, 0.25) is 0 Å². The van der Waals surface area contributed by atoms with Crippen LogP contribution in [0, 0.1) is 0 Å². The number of rotatable bonds is 2. The highest BCUT2D eigenvalue weighted by Crippen LogP contribution is 2.12. The highest BCUT2D eigenvalue weighted by atomic mass is 16.3. The molecular weight excluding hydrogens is 166 g/mol. The van der Waals surface area contributed by atoms with Crippen molar-refractivity contribution in [3.63, 3.8) is 0 Å². The van der Waals surface area contributed by atoms with E-state index in [0.717, 1.165) is 12.1 Å². The molecule has 0 atom stereocenters. The van der Waals surface area contributed by atoms with Gasteiger partial charge < -0.3 is 5.11 Å². The van der Waals surface area contributed by atoms with Crippen LogP contribution in [0.1, 0.15) is 37.0 Å². The lowest BCUT2D eigenvalue weighted by molar-refractivity contribution is 0.111. The summed E-state index contributed by atoms with van der Waals surface area (Å²) >= 11 is 0. The average molecular weight is 181 g/mol. The summed E-state index contributed by atoms with van der Waals surface area (Å²) in [6, 6.07) is 3.18. The molecule has 0 aliphatic heterocycles. The molecule has 0 aromatic carbocycles. The van der Waals surface area contributed by atoms with Crippen LogP contribution < -0.4 is 0 Å². The van der Waals surface area contributed by atoms with Gasteiger partial charge in [0.2, 0.25) is 0 Å². The molecule has 0 spiro atoms. The van der Waals surface area contributed by atoms with Crippen LogP contribution in [0.25, 0.3) is 0 Å². The standard InChI is InChI=1S/C8H9NO2.C2H6/c1-2-6-3-4-8(11)7(5-10)9-6;1-2/h3-5,11H,2H2,1H3;1-2H3. The summed E-state index contributed by atoms with van der Waals surface area (Å²) in [6.45, 7) is 5.94. The fourth-order valence-electron chi connectivity index (χ4n) is 0.793. The van der Waals surface area contributed by atoms with Gasteiger partial charge in [0.15, 0.2) is 6.29 Å². The van der Waals surface area contributed by atoms with E-state index in [-0.39, 0.29) is 11.4 Å². The van der Waals surface area contributed by atoms with Crippen LogP contribution in [0.3, 0.4) is 0 Å². The zero-order valence-corrected chi connectivity index (χ0v) is 8.24. The molecule has 0 fully saturated rings. The molecule has 0 bridgehead atoms. The van der Waals surface area contributed by atoms with Crippen LogP contribution in [0.15, 0.2) is 12.1 Å². The topological polar surface area (TPSA) is 50.2 Å². The fourth-order valence-corrected chi connectivity index (χ4v) is 0.793. The minimum atomic E-state index is -0.0581. The van der Waals surface area contributed by atoms with E-state index in [2.05, 4.69) is 4.98 Å². The molecule has 0 radical (unpaired) electrons. The molecule has 1 aromatic heterocycles. The van der Waals surface area contributed by atoms with Crippen LogP contribution in [-0.4, -0.2) is 16.4 Å². The number of hydrogen-bond donors (Lipinski definition) is 1. The Morgan fingerprint density at radius 1 is 1.46 bits per heavy atom. The van der Waals surface area contributed by atoms with Gasteiger partial charge >= 0.3 is 0 Å². The first-order valence-corrected chi connectivity index (χ1v) is 4.42. The van der Waals surface area contributed by atoms with Gasteiger partial charge in [0.1, 0.15) is 11.4 Å². The van der Waals surface area contributed by atoms with Crippen molar-refractivity contribution in [1.29, 1.82) is 0 Å². The second-order valence-corrected chi connectivity index (χ2v) is 2.18. The Kier molecular flexibility index (Phi) is 5.52. The van der Waals surface area contributed by atoms with Crippen molar-refractivity contribution >= 4 is 6.29 Å². The second kappa shape index (κ2) is 6.17. The van der Waals surface area contributed by atoms with E-state index in [1.165, 1.54) is 6.07 Å². The summed E-state index contributed by atoms with van der Waals surface area (Å²) in [4.78, 5) is 14.2. The highest BCUT2D eigenvalue weighted by molar-refractivity contribution is 5.75. The van der Waals surface area contributed by atoms with Gasteiger partial charge in [0.25, 0.3) is 0 Å². The molecule has 0 saturated heterocycles. The summed E-state index contributed by atoms with van der Waals surface area (Å²) in [5, 5.41) is 9.04. The third kappa shape index (κ3) is 3.23. The van der Waals surface area contributed by atoms with Crippen LogP contribution >= 0.6 is 0 Å². The third-order valence-corrected chi connectivity index (χ3v) is 1.43. The highest BCUT2D eigenvalue weighted by Gasteiger charge is 2.00.